The zero-order valence-corrected chi connectivity index (χ0v) is 10.8. The van der Waals surface area contributed by atoms with E-state index in [0.717, 1.165) is 12.4 Å². The summed E-state index contributed by atoms with van der Waals surface area (Å²) in [6.07, 6.45) is 1.67. The third-order valence-electron chi connectivity index (χ3n) is 2.56. The molecule has 86 valence electrons. The molecule has 0 spiro atoms. The number of aromatic nitrogens is 2. The van der Waals surface area contributed by atoms with Gasteiger partial charge in [-0.15, -0.1) is 11.3 Å². The van der Waals surface area contributed by atoms with Gasteiger partial charge in [0.05, 0.1) is 12.7 Å². The van der Waals surface area contributed by atoms with Crippen LogP contribution in [0.15, 0.2) is 23.7 Å². The molecule has 0 unspecified atom stereocenters. The highest BCUT2D eigenvalue weighted by atomic mass is 35.5. The van der Waals surface area contributed by atoms with Crippen molar-refractivity contribution >= 4 is 22.9 Å². The van der Waals surface area contributed by atoms with Crippen LogP contribution in [0.3, 0.4) is 0 Å². The fourth-order valence-electron chi connectivity index (χ4n) is 1.47. The van der Waals surface area contributed by atoms with Gasteiger partial charge in [0.1, 0.15) is 11.0 Å². The maximum atomic E-state index is 5.92. The predicted octanol–water partition coefficient (Wildman–Crippen LogP) is 2.99. The van der Waals surface area contributed by atoms with Gasteiger partial charge in [-0.1, -0.05) is 17.7 Å². The van der Waals surface area contributed by atoms with E-state index in [-0.39, 0.29) is 0 Å². The van der Waals surface area contributed by atoms with Crippen LogP contribution < -0.4 is 5.32 Å². The summed E-state index contributed by atoms with van der Waals surface area (Å²) in [6.45, 7) is 2.87. The molecule has 1 atom stereocenters. The molecule has 16 heavy (non-hydrogen) atoms. The number of nitrogens with zero attached hydrogens (tertiary/aromatic N) is 2. The Morgan fingerprint density at radius 1 is 1.62 bits per heavy atom. The summed E-state index contributed by atoms with van der Waals surface area (Å²) in [5.41, 5.74) is 0. The number of hydrogen-bond acceptors (Lipinski definition) is 3. The van der Waals surface area contributed by atoms with Gasteiger partial charge in [0.25, 0.3) is 0 Å². The molecule has 5 heteroatoms. The van der Waals surface area contributed by atoms with Crippen LogP contribution in [0.5, 0.6) is 0 Å². The van der Waals surface area contributed by atoms with E-state index >= 15 is 0 Å². The lowest BCUT2D eigenvalue weighted by molar-refractivity contribution is 0.556. The molecule has 2 heterocycles. The van der Waals surface area contributed by atoms with Crippen LogP contribution in [0.2, 0.25) is 5.15 Å². The fourth-order valence-corrected chi connectivity index (χ4v) is 2.38. The molecule has 0 amide bonds. The van der Waals surface area contributed by atoms with Crippen molar-refractivity contribution < 1.29 is 0 Å². The second-order valence-corrected chi connectivity index (χ2v) is 5.04. The van der Waals surface area contributed by atoms with Gasteiger partial charge < -0.3 is 9.88 Å². The molecule has 3 nitrogen and oxygen atoms in total. The Morgan fingerprint density at radius 3 is 3.00 bits per heavy atom. The van der Waals surface area contributed by atoms with Gasteiger partial charge in [-0.25, -0.2) is 4.98 Å². The minimum atomic E-state index is 0.343. The van der Waals surface area contributed by atoms with Crippen molar-refractivity contribution in [1.29, 1.82) is 0 Å². The van der Waals surface area contributed by atoms with E-state index in [1.807, 2.05) is 11.6 Å². The Bertz CT molecular complexity index is 450. The van der Waals surface area contributed by atoms with Crippen LogP contribution in [-0.4, -0.2) is 9.55 Å². The second-order valence-electron chi connectivity index (χ2n) is 3.67. The highest BCUT2D eigenvalue weighted by molar-refractivity contribution is 7.10. The van der Waals surface area contributed by atoms with Gasteiger partial charge in [0.2, 0.25) is 0 Å². The van der Waals surface area contributed by atoms with Crippen LogP contribution in [0.25, 0.3) is 0 Å². The van der Waals surface area contributed by atoms with Crippen molar-refractivity contribution in [3.63, 3.8) is 0 Å². The predicted molar refractivity (Wildman–Crippen MR) is 67.8 cm³/mol. The van der Waals surface area contributed by atoms with Gasteiger partial charge in [0, 0.05) is 18.0 Å². The number of thiophene rings is 1. The van der Waals surface area contributed by atoms with Crippen molar-refractivity contribution in [2.75, 3.05) is 0 Å². The standard InChI is InChI=1S/C11H14ClN3S/c1-8(9-4-3-5-16-9)13-7-11-14-6-10(12)15(11)2/h3-6,8,13H,7H2,1-2H3/t8-/m1/s1. The van der Waals surface area contributed by atoms with Gasteiger partial charge in [0.15, 0.2) is 0 Å². The zero-order chi connectivity index (χ0) is 11.5. The van der Waals surface area contributed by atoms with E-state index in [2.05, 4.69) is 34.7 Å². The highest BCUT2D eigenvalue weighted by Gasteiger charge is 2.08. The van der Waals surface area contributed by atoms with Crippen molar-refractivity contribution in [3.8, 4) is 0 Å². The Hall–Kier alpha value is -0.840. The first-order chi connectivity index (χ1) is 7.68. The van der Waals surface area contributed by atoms with Gasteiger partial charge in [-0.05, 0) is 18.4 Å². The molecule has 0 radical (unpaired) electrons. The molecule has 1 N–H and O–H groups in total. The molecule has 0 aliphatic carbocycles. The number of halogens is 1. The van der Waals surface area contributed by atoms with Gasteiger partial charge >= 0.3 is 0 Å². The zero-order valence-electron chi connectivity index (χ0n) is 9.27. The minimum absolute atomic E-state index is 0.343. The highest BCUT2D eigenvalue weighted by Crippen LogP contribution is 2.18. The quantitative estimate of drug-likeness (QED) is 0.910. The van der Waals surface area contributed by atoms with Crippen molar-refractivity contribution in [1.82, 2.24) is 14.9 Å². The summed E-state index contributed by atoms with van der Waals surface area (Å²) in [6, 6.07) is 4.54. The van der Waals surface area contributed by atoms with Crippen LogP contribution in [0.4, 0.5) is 0 Å². The molecule has 0 aliphatic heterocycles. The molecular weight excluding hydrogens is 242 g/mol. The topological polar surface area (TPSA) is 29.9 Å². The Kier molecular flexibility index (Phi) is 3.63. The molecule has 0 saturated carbocycles. The maximum absolute atomic E-state index is 5.92. The van der Waals surface area contributed by atoms with Crippen molar-refractivity contribution in [2.45, 2.75) is 19.5 Å². The van der Waals surface area contributed by atoms with Crippen LogP contribution in [-0.2, 0) is 13.6 Å². The van der Waals surface area contributed by atoms with Crippen LogP contribution in [0, 0.1) is 0 Å². The minimum Gasteiger partial charge on any atom is -0.321 e. The lowest BCUT2D eigenvalue weighted by Crippen LogP contribution is -2.19. The van der Waals surface area contributed by atoms with E-state index in [1.54, 1.807) is 17.5 Å². The Balaban J connectivity index is 1.95. The summed E-state index contributed by atoms with van der Waals surface area (Å²) in [7, 11) is 1.92. The lowest BCUT2D eigenvalue weighted by atomic mass is 10.3. The number of hydrogen-bond donors (Lipinski definition) is 1. The monoisotopic (exact) mass is 255 g/mol. The Labute approximate surface area is 104 Å². The van der Waals surface area contributed by atoms with E-state index in [9.17, 15) is 0 Å². The molecule has 2 rings (SSSR count). The van der Waals surface area contributed by atoms with E-state index in [4.69, 9.17) is 11.6 Å². The third kappa shape index (κ3) is 2.45. The largest absolute Gasteiger partial charge is 0.321 e. The summed E-state index contributed by atoms with van der Waals surface area (Å²) in [5.74, 6) is 0.952. The molecule has 2 aromatic heterocycles. The number of rotatable bonds is 4. The molecule has 0 aliphatic rings. The summed E-state index contributed by atoms with van der Waals surface area (Å²) < 4.78 is 1.88. The SMILES string of the molecule is C[C@@H](NCc1ncc(Cl)n1C)c1cccs1. The molecule has 0 aromatic carbocycles. The molecule has 0 saturated heterocycles. The van der Waals surface area contributed by atoms with E-state index < -0.39 is 0 Å². The van der Waals surface area contributed by atoms with Crippen molar-refractivity contribution in [3.05, 3.63) is 39.6 Å². The number of imidazole rings is 1. The summed E-state index contributed by atoms with van der Waals surface area (Å²) in [5, 5.41) is 6.18. The first-order valence-electron chi connectivity index (χ1n) is 5.11. The Morgan fingerprint density at radius 2 is 2.44 bits per heavy atom. The van der Waals surface area contributed by atoms with Gasteiger partial charge in [-0.2, -0.15) is 0 Å². The van der Waals surface area contributed by atoms with Crippen LogP contribution >= 0.6 is 22.9 Å². The average molecular weight is 256 g/mol. The molecule has 2 aromatic rings. The first kappa shape index (κ1) is 11.6. The normalized spacial score (nSPS) is 12.9. The summed E-state index contributed by atoms with van der Waals surface area (Å²) >= 11 is 7.68. The van der Waals surface area contributed by atoms with E-state index in [1.165, 1.54) is 4.88 Å². The van der Waals surface area contributed by atoms with Gasteiger partial charge in [-0.3, -0.25) is 0 Å². The first-order valence-corrected chi connectivity index (χ1v) is 6.37. The second kappa shape index (κ2) is 4.99. The maximum Gasteiger partial charge on any atom is 0.128 e. The average Bonchev–Trinajstić information content (AvgIpc) is 2.89. The molecule has 0 fully saturated rings. The smallest absolute Gasteiger partial charge is 0.128 e. The van der Waals surface area contributed by atoms with E-state index in [0.29, 0.717) is 11.2 Å². The lowest BCUT2D eigenvalue weighted by Gasteiger charge is -2.11. The fraction of sp³-hybridized carbons (Fsp3) is 0.364. The number of nitrogens with one attached hydrogen (secondary N) is 1. The third-order valence-corrected chi connectivity index (χ3v) is 3.97. The molecule has 0 bridgehead atoms. The van der Waals surface area contributed by atoms with Crippen LogP contribution in [0.1, 0.15) is 23.7 Å². The van der Waals surface area contributed by atoms with Crippen molar-refractivity contribution in [2.24, 2.45) is 7.05 Å². The summed E-state index contributed by atoms with van der Waals surface area (Å²) in [4.78, 5) is 5.57. The molecular formula is C11H14ClN3S.